The molecule has 4 heteroatoms. The van der Waals surface area contributed by atoms with Crippen molar-refractivity contribution in [3.05, 3.63) is 59.7 Å². The van der Waals surface area contributed by atoms with Crippen LogP contribution in [0.2, 0.25) is 0 Å². The van der Waals surface area contributed by atoms with Gasteiger partial charge in [-0.05, 0) is 43.7 Å². The predicted octanol–water partition coefficient (Wildman–Crippen LogP) is 2.93. The van der Waals surface area contributed by atoms with Crippen molar-refractivity contribution in [1.29, 1.82) is 0 Å². The number of aryl methyl sites for hydroxylation is 1. The van der Waals surface area contributed by atoms with Crippen LogP contribution in [0.3, 0.4) is 0 Å². The minimum absolute atomic E-state index is 0.0243. The van der Waals surface area contributed by atoms with E-state index in [9.17, 15) is 9.90 Å². The number of fused-ring (bicyclic) bond motifs is 1. The van der Waals surface area contributed by atoms with Gasteiger partial charge in [-0.15, -0.1) is 0 Å². The van der Waals surface area contributed by atoms with Crippen molar-refractivity contribution >= 4 is 17.3 Å². The lowest BCUT2D eigenvalue weighted by molar-refractivity contribution is 0.0609. The number of para-hydroxylation sites is 1. The number of aliphatic hydroxyl groups is 1. The number of aliphatic hydroxyl groups excluding tert-OH is 1. The Morgan fingerprint density at radius 1 is 1.18 bits per heavy atom. The first kappa shape index (κ1) is 14.6. The molecule has 0 saturated carbocycles. The van der Waals surface area contributed by atoms with Gasteiger partial charge in [0.2, 0.25) is 0 Å². The topological polar surface area (TPSA) is 43.8 Å². The van der Waals surface area contributed by atoms with Crippen LogP contribution < -0.4 is 4.90 Å². The Morgan fingerprint density at radius 2 is 1.91 bits per heavy atom. The summed E-state index contributed by atoms with van der Waals surface area (Å²) in [6, 6.07) is 15.7. The molecule has 0 bridgehead atoms. The Balaban J connectivity index is 2.11. The maximum absolute atomic E-state index is 12.7. The maximum Gasteiger partial charge on any atom is 0.257 e. The van der Waals surface area contributed by atoms with E-state index < -0.39 is 0 Å². The maximum atomic E-state index is 12.7. The van der Waals surface area contributed by atoms with Gasteiger partial charge in [0.05, 0.1) is 30.6 Å². The van der Waals surface area contributed by atoms with Gasteiger partial charge in [-0.3, -0.25) is 4.79 Å². The van der Waals surface area contributed by atoms with Crippen molar-refractivity contribution in [2.24, 2.45) is 0 Å². The molecule has 1 amide bonds. The van der Waals surface area contributed by atoms with E-state index in [1.807, 2.05) is 62.4 Å². The average molecular weight is 296 g/mol. The summed E-state index contributed by atoms with van der Waals surface area (Å²) in [7, 11) is 0. The van der Waals surface area contributed by atoms with Gasteiger partial charge in [0, 0.05) is 5.69 Å². The molecule has 0 radical (unpaired) electrons. The summed E-state index contributed by atoms with van der Waals surface area (Å²) in [5.41, 5.74) is 3.77. The molecular weight excluding hydrogens is 276 g/mol. The molecule has 0 aromatic heterocycles. The van der Waals surface area contributed by atoms with Crippen molar-refractivity contribution in [3.63, 3.8) is 0 Å². The fraction of sp³-hybridized carbons (Fsp3) is 0.278. The number of benzene rings is 2. The zero-order valence-corrected chi connectivity index (χ0v) is 12.9. The second-order valence-electron chi connectivity index (χ2n) is 5.73. The summed E-state index contributed by atoms with van der Waals surface area (Å²) in [6.07, 6.45) is 0. The smallest absolute Gasteiger partial charge is 0.257 e. The van der Waals surface area contributed by atoms with Crippen LogP contribution in [-0.2, 0) is 0 Å². The van der Waals surface area contributed by atoms with E-state index in [0.717, 1.165) is 16.9 Å². The number of amides is 1. The highest BCUT2D eigenvalue weighted by Crippen LogP contribution is 2.34. The van der Waals surface area contributed by atoms with Gasteiger partial charge in [0.25, 0.3) is 5.91 Å². The molecule has 3 rings (SSSR count). The van der Waals surface area contributed by atoms with E-state index in [0.29, 0.717) is 12.2 Å². The first-order valence-corrected chi connectivity index (χ1v) is 7.47. The fourth-order valence-corrected chi connectivity index (χ4v) is 2.76. The molecule has 0 fully saturated rings. The number of carbonyl (C=O) groups excluding carboxylic acids is 1. The zero-order chi connectivity index (χ0) is 15.7. The fourth-order valence-electron chi connectivity index (χ4n) is 2.76. The highest BCUT2D eigenvalue weighted by molar-refractivity contribution is 6.03. The molecular formula is C18H20N2O2. The molecule has 114 valence electrons. The van der Waals surface area contributed by atoms with E-state index in [2.05, 4.69) is 4.90 Å². The third-order valence-corrected chi connectivity index (χ3v) is 4.09. The summed E-state index contributed by atoms with van der Waals surface area (Å²) in [5.74, 6) is -0.0243. The third kappa shape index (κ3) is 2.46. The van der Waals surface area contributed by atoms with Crippen molar-refractivity contribution in [2.75, 3.05) is 18.2 Å². The second-order valence-corrected chi connectivity index (χ2v) is 5.73. The Bertz CT molecular complexity index is 685. The minimum atomic E-state index is -0.215. The van der Waals surface area contributed by atoms with Gasteiger partial charge < -0.3 is 14.9 Å². The summed E-state index contributed by atoms with van der Waals surface area (Å²) in [5, 5.41) is 9.44. The van der Waals surface area contributed by atoms with Crippen molar-refractivity contribution < 1.29 is 9.90 Å². The van der Waals surface area contributed by atoms with Crippen molar-refractivity contribution in [3.8, 4) is 0 Å². The summed E-state index contributed by atoms with van der Waals surface area (Å²) in [4.78, 5) is 16.5. The number of hydrogen-bond acceptors (Lipinski definition) is 3. The van der Waals surface area contributed by atoms with Gasteiger partial charge >= 0.3 is 0 Å². The molecule has 1 atom stereocenters. The van der Waals surface area contributed by atoms with E-state index in [1.54, 1.807) is 4.90 Å². The van der Waals surface area contributed by atoms with Crippen molar-refractivity contribution in [1.82, 2.24) is 4.90 Å². The Morgan fingerprint density at radius 3 is 2.59 bits per heavy atom. The van der Waals surface area contributed by atoms with Crippen LogP contribution in [0.15, 0.2) is 48.5 Å². The molecule has 22 heavy (non-hydrogen) atoms. The van der Waals surface area contributed by atoms with Crippen LogP contribution in [0, 0.1) is 6.92 Å². The number of anilines is 2. The molecule has 1 aliphatic rings. The molecule has 0 spiro atoms. The largest absolute Gasteiger partial charge is 0.394 e. The molecule has 2 aromatic rings. The highest BCUT2D eigenvalue weighted by atomic mass is 16.3. The normalized spacial score (nSPS) is 15.7. The highest BCUT2D eigenvalue weighted by Gasteiger charge is 2.32. The minimum Gasteiger partial charge on any atom is -0.394 e. The lowest BCUT2D eigenvalue weighted by Crippen LogP contribution is -2.50. The number of hydrogen-bond donors (Lipinski definition) is 1. The Hall–Kier alpha value is -2.33. The monoisotopic (exact) mass is 296 g/mol. The van der Waals surface area contributed by atoms with E-state index in [-0.39, 0.29) is 18.6 Å². The molecule has 1 N–H and O–H groups in total. The molecule has 1 heterocycles. The van der Waals surface area contributed by atoms with Crippen LogP contribution in [0.1, 0.15) is 22.8 Å². The number of nitrogens with zero attached hydrogens (tertiary/aromatic N) is 2. The van der Waals surface area contributed by atoms with E-state index in [1.165, 1.54) is 0 Å². The average Bonchev–Trinajstić information content (AvgIpc) is 2.55. The Labute approximate surface area is 130 Å². The quantitative estimate of drug-likeness (QED) is 0.947. The van der Waals surface area contributed by atoms with Crippen LogP contribution in [-0.4, -0.2) is 35.2 Å². The SMILES string of the molecule is Cc1ccc2c(c1)N(c1ccccc1)CN(C(C)CO)C2=O. The number of carbonyl (C=O) groups is 1. The van der Waals surface area contributed by atoms with Gasteiger partial charge in [-0.2, -0.15) is 0 Å². The van der Waals surface area contributed by atoms with Gasteiger partial charge in [-0.25, -0.2) is 0 Å². The summed E-state index contributed by atoms with van der Waals surface area (Å²) >= 11 is 0. The second kappa shape index (κ2) is 5.81. The zero-order valence-electron chi connectivity index (χ0n) is 12.9. The number of rotatable bonds is 3. The van der Waals surface area contributed by atoms with Gasteiger partial charge in [0.15, 0.2) is 0 Å². The standard InChI is InChI=1S/C18H20N2O2/c1-13-8-9-16-17(10-13)20(15-6-4-3-5-7-15)12-19(18(16)22)14(2)11-21/h3-10,14,21H,11-12H2,1-2H3. The van der Waals surface area contributed by atoms with Crippen molar-refractivity contribution in [2.45, 2.75) is 19.9 Å². The van der Waals surface area contributed by atoms with E-state index in [4.69, 9.17) is 0 Å². The predicted molar refractivity (Wildman–Crippen MR) is 87.3 cm³/mol. The van der Waals surface area contributed by atoms with Gasteiger partial charge in [-0.1, -0.05) is 24.3 Å². The summed E-state index contributed by atoms with van der Waals surface area (Å²) < 4.78 is 0. The Kier molecular flexibility index (Phi) is 3.86. The summed E-state index contributed by atoms with van der Waals surface area (Å²) in [6.45, 7) is 4.29. The molecule has 4 nitrogen and oxygen atoms in total. The van der Waals surface area contributed by atoms with Crippen LogP contribution in [0.25, 0.3) is 0 Å². The molecule has 0 aliphatic carbocycles. The van der Waals surface area contributed by atoms with Crippen LogP contribution in [0.4, 0.5) is 11.4 Å². The molecule has 1 unspecified atom stereocenters. The van der Waals surface area contributed by atoms with Gasteiger partial charge in [0.1, 0.15) is 0 Å². The third-order valence-electron chi connectivity index (χ3n) is 4.09. The van der Waals surface area contributed by atoms with Crippen LogP contribution >= 0.6 is 0 Å². The first-order chi connectivity index (χ1) is 10.6. The van der Waals surface area contributed by atoms with E-state index >= 15 is 0 Å². The first-order valence-electron chi connectivity index (χ1n) is 7.47. The lowest BCUT2D eigenvalue weighted by atomic mass is 10.0. The molecule has 2 aromatic carbocycles. The molecule has 1 aliphatic heterocycles. The molecule has 0 saturated heterocycles. The van der Waals surface area contributed by atoms with Crippen LogP contribution in [0.5, 0.6) is 0 Å². The lowest BCUT2D eigenvalue weighted by Gasteiger charge is -2.40.